The minimum absolute atomic E-state index is 0.407. The van der Waals surface area contributed by atoms with Gasteiger partial charge >= 0.3 is 0 Å². The number of rotatable bonds is 5. The number of hydrogen-bond acceptors (Lipinski definition) is 2. The lowest BCUT2D eigenvalue weighted by Gasteiger charge is -2.14. The van der Waals surface area contributed by atoms with Crippen LogP contribution in [-0.4, -0.2) is 23.1 Å². The summed E-state index contributed by atoms with van der Waals surface area (Å²) in [6.45, 7) is 0. The van der Waals surface area contributed by atoms with Crippen molar-refractivity contribution < 1.29 is 4.21 Å². The van der Waals surface area contributed by atoms with Crippen LogP contribution in [0.2, 0.25) is 0 Å². The Morgan fingerprint density at radius 2 is 2.06 bits per heavy atom. The highest BCUT2D eigenvalue weighted by Crippen LogP contribution is 2.33. The second-order valence-electron chi connectivity index (χ2n) is 4.20. The van der Waals surface area contributed by atoms with Gasteiger partial charge in [0.1, 0.15) is 0 Å². The van der Waals surface area contributed by atoms with Crippen molar-refractivity contribution in [3.05, 3.63) is 28.7 Å². The van der Waals surface area contributed by atoms with Gasteiger partial charge in [-0.05, 0) is 50.1 Å². The maximum absolute atomic E-state index is 12.1. The summed E-state index contributed by atoms with van der Waals surface area (Å²) in [6, 6.07) is 8.15. The van der Waals surface area contributed by atoms with Crippen LogP contribution in [0.5, 0.6) is 0 Å². The smallest absolute Gasteiger partial charge is 0.0545 e. The van der Waals surface area contributed by atoms with E-state index in [0.717, 1.165) is 21.0 Å². The van der Waals surface area contributed by atoms with Crippen molar-refractivity contribution in [3.63, 3.8) is 0 Å². The molecule has 1 saturated carbocycles. The van der Waals surface area contributed by atoms with E-state index >= 15 is 0 Å². The lowest BCUT2D eigenvalue weighted by molar-refractivity contribution is 0.546. The fourth-order valence-electron chi connectivity index (χ4n) is 1.80. The van der Waals surface area contributed by atoms with Crippen molar-refractivity contribution in [1.82, 2.24) is 5.32 Å². The summed E-state index contributed by atoms with van der Waals surface area (Å²) in [5, 5.41) is 3.27. The normalized spacial score (nSPS) is 19.4. The van der Waals surface area contributed by atoms with E-state index in [4.69, 9.17) is 0 Å². The zero-order chi connectivity index (χ0) is 11.5. The number of hydrogen-bond donors (Lipinski definition) is 1. The SMILES string of the molecule is CNC(CS(=O)c1ccc(Br)cc1)C1CC1. The predicted molar refractivity (Wildman–Crippen MR) is 71.0 cm³/mol. The van der Waals surface area contributed by atoms with Crippen LogP contribution in [0.3, 0.4) is 0 Å². The van der Waals surface area contributed by atoms with Gasteiger partial charge in [0.25, 0.3) is 0 Å². The molecule has 2 atom stereocenters. The third-order valence-electron chi connectivity index (χ3n) is 2.97. The fourth-order valence-corrected chi connectivity index (χ4v) is 3.46. The lowest BCUT2D eigenvalue weighted by atomic mass is 10.2. The molecule has 0 radical (unpaired) electrons. The Morgan fingerprint density at radius 1 is 1.44 bits per heavy atom. The summed E-state index contributed by atoms with van der Waals surface area (Å²) in [7, 11) is 1.07. The predicted octanol–water partition coefficient (Wildman–Crippen LogP) is 2.55. The molecule has 16 heavy (non-hydrogen) atoms. The molecular formula is C12H16BrNOS. The average Bonchev–Trinajstić information content (AvgIpc) is 3.10. The zero-order valence-corrected chi connectivity index (χ0v) is 11.7. The third-order valence-corrected chi connectivity index (χ3v) is 4.96. The minimum atomic E-state index is -0.886. The van der Waals surface area contributed by atoms with Crippen molar-refractivity contribution >= 4 is 26.7 Å². The van der Waals surface area contributed by atoms with Gasteiger partial charge in [-0.25, -0.2) is 0 Å². The molecule has 2 rings (SSSR count). The quantitative estimate of drug-likeness (QED) is 0.905. The highest BCUT2D eigenvalue weighted by molar-refractivity contribution is 9.10. The van der Waals surface area contributed by atoms with Crippen molar-refractivity contribution in [1.29, 1.82) is 0 Å². The van der Waals surface area contributed by atoms with Gasteiger partial charge < -0.3 is 5.32 Å². The van der Waals surface area contributed by atoms with Crippen molar-refractivity contribution in [2.45, 2.75) is 23.8 Å². The minimum Gasteiger partial charge on any atom is -0.316 e. The second-order valence-corrected chi connectivity index (χ2v) is 6.61. The van der Waals surface area contributed by atoms with Crippen LogP contribution in [0.15, 0.2) is 33.6 Å². The molecule has 88 valence electrons. The molecule has 1 aromatic carbocycles. The van der Waals surface area contributed by atoms with Crippen molar-refractivity contribution in [3.8, 4) is 0 Å². The van der Waals surface area contributed by atoms with Crippen LogP contribution in [0.1, 0.15) is 12.8 Å². The Balaban J connectivity index is 1.98. The van der Waals surface area contributed by atoms with E-state index in [1.54, 1.807) is 0 Å². The molecule has 0 heterocycles. The van der Waals surface area contributed by atoms with Gasteiger partial charge in [-0.15, -0.1) is 0 Å². The topological polar surface area (TPSA) is 29.1 Å². The van der Waals surface area contributed by atoms with E-state index in [2.05, 4.69) is 21.2 Å². The first-order chi connectivity index (χ1) is 7.70. The molecule has 1 N–H and O–H groups in total. The van der Waals surface area contributed by atoms with Gasteiger partial charge in [-0.1, -0.05) is 15.9 Å². The van der Waals surface area contributed by atoms with Crippen LogP contribution in [0.4, 0.5) is 0 Å². The standard InChI is InChI=1S/C12H16BrNOS/c1-14-12(9-2-3-9)8-16(15)11-6-4-10(13)5-7-11/h4-7,9,12,14H,2-3,8H2,1H3. The van der Waals surface area contributed by atoms with Crippen LogP contribution >= 0.6 is 15.9 Å². The molecular weight excluding hydrogens is 286 g/mol. The van der Waals surface area contributed by atoms with Crippen LogP contribution < -0.4 is 5.32 Å². The van der Waals surface area contributed by atoms with E-state index in [-0.39, 0.29) is 0 Å². The molecule has 0 aromatic heterocycles. The van der Waals surface area contributed by atoms with Gasteiger partial charge in [-0.3, -0.25) is 4.21 Å². The lowest BCUT2D eigenvalue weighted by Crippen LogP contribution is -2.33. The van der Waals surface area contributed by atoms with E-state index in [1.165, 1.54) is 12.8 Å². The Morgan fingerprint density at radius 3 is 2.56 bits per heavy atom. The molecule has 0 spiro atoms. The monoisotopic (exact) mass is 301 g/mol. The Kier molecular flexibility index (Phi) is 4.16. The Hall–Kier alpha value is -0.190. The first-order valence-electron chi connectivity index (χ1n) is 5.52. The second kappa shape index (κ2) is 5.43. The first-order valence-corrected chi connectivity index (χ1v) is 7.63. The first kappa shape index (κ1) is 12.3. The van der Waals surface area contributed by atoms with Crippen LogP contribution in [-0.2, 0) is 10.8 Å². The summed E-state index contributed by atoms with van der Waals surface area (Å²) in [4.78, 5) is 0.920. The number of benzene rings is 1. The van der Waals surface area contributed by atoms with E-state index in [9.17, 15) is 4.21 Å². The maximum atomic E-state index is 12.1. The molecule has 4 heteroatoms. The number of nitrogens with one attached hydrogen (secondary N) is 1. The summed E-state index contributed by atoms with van der Waals surface area (Å²) < 4.78 is 13.1. The molecule has 1 aliphatic rings. The molecule has 1 aliphatic carbocycles. The molecule has 0 aliphatic heterocycles. The van der Waals surface area contributed by atoms with E-state index in [0.29, 0.717) is 6.04 Å². The number of halogens is 1. The summed E-state index contributed by atoms with van der Waals surface area (Å²) in [6.07, 6.45) is 2.56. The Labute approximate surface area is 107 Å². The third kappa shape index (κ3) is 3.15. The van der Waals surface area contributed by atoms with Crippen molar-refractivity contribution in [2.24, 2.45) is 5.92 Å². The maximum Gasteiger partial charge on any atom is 0.0545 e. The molecule has 0 saturated heterocycles. The molecule has 1 fully saturated rings. The van der Waals surface area contributed by atoms with Crippen LogP contribution in [0, 0.1) is 5.92 Å². The Bertz CT molecular complexity index is 375. The van der Waals surface area contributed by atoms with E-state index < -0.39 is 10.8 Å². The highest BCUT2D eigenvalue weighted by Gasteiger charge is 2.31. The molecule has 0 amide bonds. The average molecular weight is 302 g/mol. The molecule has 2 unspecified atom stereocenters. The van der Waals surface area contributed by atoms with Gasteiger partial charge in [0.2, 0.25) is 0 Å². The molecule has 0 bridgehead atoms. The van der Waals surface area contributed by atoms with Crippen LogP contribution in [0.25, 0.3) is 0 Å². The largest absolute Gasteiger partial charge is 0.316 e. The van der Waals surface area contributed by atoms with Gasteiger partial charge in [0.15, 0.2) is 0 Å². The molecule has 1 aromatic rings. The van der Waals surface area contributed by atoms with Gasteiger partial charge in [0.05, 0.1) is 10.8 Å². The summed E-state index contributed by atoms with van der Waals surface area (Å²) in [5.74, 6) is 1.47. The summed E-state index contributed by atoms with van der Waals surface area (Å²) >= 11 is 3.38. The van der Waals surface area contributed by atoms with E-state index in [1.807, 2.05) is 31.3 Å². The zero-order valence-electron chi connectivity index (χ0n) is 9.28. The summed E-state index contributed by atoms with van der Waals surface area (Å²) in [5.41, 5.74) is 0. The van der Waals surface area contributed by atoms with Gasteiger partial charge in [-0.2, -0.15) is 0 Å². The highest BCUT2D eigenvalue weighted by atomic mass is 79.9. The molecule has 2 nitrogen and oxygen atoms in total. The van der Waals surface area contributed by atoms with Crippen molar-refractivity contribution in [2.75, 3.05) is 12.8 Å². The van der Waals surface area contributed by atoms with Gasteiger partial charge in [0, 0.05) is 21.2 Å². The fraction of sp³-hybridized carbons (Fsp3) is 0.500.